The van der Waals surface area contributed by atoms with Gasteiger partial charge in [0.05, 0.1) is 11.2 Å². The molecule has 0 aromatic heterocycles. The molecule has 1 saturated heterocycles. The van der Waals surface area contributed by atoms with E-state index in [0.29, 0.717) is 0 Å². The molecule has 0 saturated carbocycles. The first-order valence-corrected chi connectivity index (χ1v) is 7.30. The summed E-state index contributed by atoms with van der Waals surface area (Å²) < 4.78 is 37.1. The Morgan fingerprint density at radius 1 is 1.14 bits per heavy atom. The Morgan fingerprint density at radius 2 is 1.64 bits per heavy atom. The fraction of sp³-hybridized carbons (Fsp3) is 0.500. The topological polar surface area (TPSA) is 44.5 Å². The number of rotatable bonds is 4. The van der Waals surface area contributed by atoms with Crippen molar-refractivity contribution in [3.63, 3.8) is 0 Å². The fourth-order valence-electron chi connectivity index (χ4n) is 2.17. The molecule has 0 radical (unpaired) electrons. The van der Waals surface area contributed by atoms with Gasteiger partial charge < -0.3 is 15.0 Å². The first-order chi connectivity index (χ1) is 10.2. The minimum atomic E-state index is -2.46. The highest BCUT2D eigenvalue weighted by atomic mass is 19.3. The van der Waals surface area contributed by atoms with Crippen molar-refractivity contribution >= 4 is 13.2 Å². The van der Waals surface area contributed by atoms with Crippen molar-refractivity contribution in [1.29, 1.82) is 0 Å². The van der Waals surface area contributed by atoms with Gasteiger partial charge >= 0.3 is 7.12 Å². The van der Waals surface area contributed by atoms with Crippen LogP contribution in [-0.2, 0) is 9.31 Å². The molecule has 0 atom stereocenters. The van der Waals surface area contributed by atoms with Crippen molar-refractivity contribution in [2.75, 3.05) is 6.54 Å². The highest BCUT2D eigenvalue weighted by molar-refractivity contribution is 6.55. The van der Waals surface area contributed by atoms with Gasteiger partial charge in [-0.15, -0.1) is 0 Å². The average molecular weight is 309 g/mol. The van der Waals surface area contributed by atoms with E-state index in [-0.39, 0.29) is 12.1 Å². The Labute approximate surface area is 130 Å². The van der Waals surface area contributed by atoms with E-state index in [1.807, 2.05) is 33.8 Å². The molecule has 0 amide bonds. The van der Waals surface area contributed by atoms with Gasteiger partial charge in [-0.05, 0) is 38.7 Å². The number of benzene rings is 1. The minimum Gasteiger partial charge on any atom is -0.400 e. The van der Waals surface area contributed by atoms with Gasteiger partial charge in [0.15, 0.2) is 0 Å². The monoisotopic (exact) mass is 309 g/mol. The summed E-state index contributed by atoms with van der Waals surface area (Å²) in [5.41, 5.74) is 6.50. The molecule has 2 rings (SSSR count). The van der Waals surface area contributed by atoms with Crippen LogP contribution in [0.3, 0.4) is 0 Å². The van der Waals surface area contributed by atoms with Gasteiger partial charge in [0.2, 0.25) is 0 Å². The molecule has 1 aliphatic heterocycles. The van der Waals surface area contributed by atoms with E-state index in [9.17, 15) is 8.78 Å². The van der Waals surface area contributed by atoms with Crippen LogP contribution in [0.25, 0.3) is 6.08 Å². The molecule has 22 heavy (non-hydrogen) atoms. The standard InChI is InChI=1S/C16H22BF2NO2/c1-15(2)16(3,4)22-17(21-15)13(10-20)9-11-5-7-12(8-6-11)14(18)19/h5-9,14H,10,20H2,1-4H3. The van der Waals surface area contributed by atoms with E-state index >= 15 is 0 Å². The van der Waals surface area contributed by atoms with Crippen LogP contribution in [0, 0.1) is 0 Å². The minimum absolute atomic E-state index is 0.00193. The normalized spacial score (nSPS) is 20.7. The molecule has 1 heterocycles. The first kappa shape index (κ1) is 17.1. The molecule has 0 unspecified atom stereocenters. The summed E-state index contributed by atoms with van der Waals surface area (Å²) in [5.74, 6) is 0. The summed E-state index contributed by atoms with van der Waals surface area (Å²) in [6.07, 6.45) is -0.632. The van der Waals surface area contributed by atoms with Crippen LogP contribution in [0.5, 0.6) is 0 Å². The smallest absolute Gasteiger partial charge is 0.400 e. The van der Waals surface area contributed by atoms with Gasteiger partial charge in [-0.25, -0.2) is 8.78 Å². The van der Waals surface area contributed by atoms with Gasteiger partial charge in [-0.2, -0.15) is 0 Å². The molecule has 0 bridgehead atoms. The zero-order chi connectivity index (χ0) is 16.5. The van der Waals surface area contributed by atoms with Crippen LogP contribution in [0.2, 0.25) is 0 Å². The van der Waals surface area contributed by atoms with Gasteiger partial charge in [-0.3, -0.25) is 0 Å². The number of nitrogens with two attached hydrogens (primary N) is 1. The first-order valence-electron chi connectivity index (χ1n) is 7.30. The number of alkyl halides is 2. The zero-order valence-corrected chi connectivity index (χ0v) is 13.4. The second-order valence-corrected chi connectivity index (χ2v) is 6.48. The fourth-order valence-corrected chi connectivity index (χ4v) is 2.17. The molecule has 3 nitrogen and oxygen atoms in total. The highest BCUT2D eigenvalue weighted by Gasteiger charge is 2.52. The van der Waals surface area contributed by atoms with Crippen LogP contribution in [0.15, 0.2) is 29.7 Å². The van der Waals surface area contributed by atoms with Crippen LogP contribution in [0.1, 0.15) is 45.2 Å². The number of halogens is 2. The lowest BCUT2D eigenvalue weighted by molar-refractivity contribution is 0.00578. The summed E-state index contributed by atoms with van der Waals surface area (Å²) in [4.78, 5) is 0. The van der Waals surface area contributed by atoms with E-state index in [1.165, 1.54) is 12.1 Å². The molecule has 0 aliphatic carbocycles. The molecular weight excluding hydrogens is 287 g/mol. The van der Waals surface area contributed by atoms with Crippen LogP contribution < -0.4 is 5.73 Å². The summed E-state index contributed by atoms with van der Waals surface area (Å²) in [7, 11) is -0.523. The number of hydrogen-bond acceptors (Lipinski definition) is 3. The lowest BCUT2D eigenvalue weighted by Crippen LogP contribution is -2.41. The second kappa shape index (κ2) is 6.10. The van der Waals surface area contributed by atoms with Crippen molar-refractivity contribution in [3.05, 3.63) is 40.9 Å². The van der Waals surface area contributed by atoms with Crippen LogP contribution in [-0.4, -0.2) is 24.9 Å². The van der Waals surface area contributed by atoms with Gasteiger partial charge in [-0.1, -0.05) is 30.3 Å². The average Bonchev–Trinajstić information content (AvgIpc) is 2.65. The van der Waals surface area contributed by atoms with Gasteiger partial charge in [0, 0.05) is 12.1 Å². The zero-order valence-electron chi connectivity index (χ0n) is 13.4. The van der Waals surface area contributed by atoms with Crippen LogP contribution in [0.4, 0.5) is 8.78 Å². The molecular formula is C16H22BF2NO2. The third kappa shape index (κ3) is 3.40. The molecule has 1 aromatic rings. The Morgan fingerprint density at radius 3 is 2.05 bits per heavy atom. The molecule has 2 N–H and O–H groups in total. The van der Waals surface area contributed by atoms with Crippen LogP contribution >= 0.6 is 0 Å². The van der Waals surface area contributed by atoms with Gasteiger partial charge in [0.1, 0.15) is 0 Å². The van der Waals surface area contributed by atoms with E-state index in [4.69, 9.17) is 15.0 Å². The predicted molar refractivity (Wildman–Crippen MR) is 84.5 cm³/mol. The second-order valence-electron chi connectivity index (χ2n) is 6.48. The SMILES string of the molecule is CC1(C)OB(C(=Cc2ccc(C(F)F)cc2)CN)OC1(C)C. The Bertz CT molecular complexity index is 540. The van der Waals surface area contributed by atoms with Crippen molar-refractivity contribution in [2.24, 2.45) is 5.73 Å². The lowest BCUT2D eigenvalue weighted by Gasteiger charge is -2.32. The van der Waals surface area contributed by atoms with Crippen molar-refractivity contribution < 1.29 is 18.1 Å². The quantitative estimate of drug-likeness (QED) is 0.864. The Kier molecular flexibility index (Phi) is 4.75. The van der Waals surface area contributed by atoms with Crippen molar-refractivity contribution in [3.8, 4) is 0 Å². The lowest BCUT2D eigenvalue weighted by atomic mass is 9.77. The third-order valence-corrected chi connectivity index (χ3v) is 4.33. The maximum atomic E-state index is 12.6. The van der Waals surface area contributed by atoms with Gasteiger partial charge in [0.25, 0.3) is 6.43 Å². The molecule has 6 heteroatoms. The van der Waals surface area contributed by atoms with E-state index in [2.05, 4.69) is 0 Å². The Balaban J connectivity index is 2.22. The molecule has 1 aromatic carbocycles. The summed E-state index contributed by atoms with van der Waals surface area (Å²) >= 11 is 0. The highest BCUT2D eigenvalue weighted by Crippen LogP contribution is 2.38. The predicted octanol–water partition coefficient (Wildman–Crippen LogP) is 3.60. The maximum absolute atomic E-state index is 12.6. The summed E-state index contributed by atoms with van der Waals surface area (Å²) in [5, 5.41) is 0. The largest absolute Gasteiger partial charge is 0.491 e. The van der Waals surface area contributed by atoms with E-state index in [0.717, 1.165) is 11.0 Å². The van der Waals surface area contributed by atoms with E-state index in [1.54, 1.807) is 12.1 Å². The summed E-state index contributed by atoms with van der Waals surface area (Å²) in [6, 6.07) is 6.11. The van der Waals surface area contributed by atoms with Crippen molar-refractivity contribution in [2.45, 2.75) is 45.3 Å². The number of hydrogen-bond donors (Lipinski definition) is 1. The van der Waals surface area contributed by atoms with E-state index < -0.39 is 24.7 Å². The third-order valence-electron chi connectivity index (χ3n) is 4.33. The molecule has 1 aliphatic rings. The maximum Gasteiger partial charge on any atom is 0.491 e. The van der Waals surface area contributed by atoms with Crippen molar-refractivity contribution in [1.82, 2.24) is 0 Å². The summed E-state index contributed by atoms with van der Waals surface area (Å²) in [6.45, 7) is 8.15. The molecule has 1 fully saturated rings. The Hall–Kier alpha value is -1.24. The molecule has 0 spiro atoms. The molecule has 120 valence electrons.